The summed E-state index contributed by atoms with van der Waals surface area (Å²) in [4.78, 5) is 26.2. The molecule has 0 aromatic heterocycles. The fraction of sp³-hybridized carbons (Fsp3) is 0.725. The highest BCUT2D eigenvalue weighted by Crippen LogP contribution is 2.80. The van der Waals surface area contributed by atoms with Crippen molar-refractivity contribution in [3.05, 3.63) is 84.0 Å². The number of benzene rings is 2. The summed E-state index contributed by atoms with van der Waals surface area (Å²) in [5.74, 6) is 7.46. The molecule has 2 N–H and O–H groups in total. The summed E-state index contributed by atoms with van der Waals surface area (Å²) in [6.07, 6.45) is 31.9. The van der Waals surface area contributed by atoms with E-state index in [-0.39, 0.29) is 57.3 Å². The van der Waals surface area contributed by atoms with Crippen LogP contribution in [0, 0.1) is 113 Å². The molecule has 10 saturated carbocycles. The molecule has 0 amide bonds. The molecule has 0 bridgehead atoms. The number of fused-ring (bicyclic) bond motifs is 14. The van der Waals surface area contributed by atoms with E-state index in [1.54, 1.807) is 48.6 Å². The Morgan fingerprint density at radius 1 is 0.455 bits per heavy atom. The molecule has 10 aliphatic rings. The first-order valence-electron chi connectivity index (χ1n) is 35.0. The number of aromatic hydroxyl groups is 2. The van der Waals surface area contributed by atoms with Crippen LogP contribution in [0.25, 0.3) is 12.2 Å². The summed E-state index contributed by atoms with van der Waals surface area (Å²) in [6.45, 7) is 44.5. The number of methoxy groups -OCH3 is 2. The monoisotopic (exact) mass is 1200 g/mol. The summed E-state index contributed by atoms with van der Waals surface area (Å²) < 4.78 is 22.9. The molecule has 20 atom stereocenters. The van der Waals surface area contributed by atoms with Crippen LogP contribution in [-0.2, 0) is 19.1 Å². The molecule has 8 nitrogen and oxygen atoms in total. The van der Waals surface area contributed by atoms with Crippen LogP contribution in [0.15, 0.2) is 72.9 Å². The topological polar surface area (TPSA) is 112 Å². The molecule has 2 aromatic rings. The molecule has 10 fully saturated rings. The van der Waals surface area contributed by atoms with Gasteiger partial charge in [-0.2, -0.15) is 0 Å². The number of hydrogen-bond acceptors (Lipinski definition) is 8. The molecular formula is C80H116O8. The van der Waals surface area contributed by atoms with Crippen molar-refractivity contribution in [1.29, 1.82) is 0 Å². The quantitative estimate of drug-likeness (QED) is 0.137. The zero-order chi connectivity index (χ0) is 63.7. The van der Waals surface area contributed by atoms with E-state index < -0.39 is 0 Å². The van der Waals surface area contributed by atoms with Gasteiger partial charge in [0, 0.05) is 23.0 Å². The predicted molar refractivity (Wildman–Crippen MR) is 356 cm³/mol. The van der Waals surface area contributed by atoms with Gasteiger partial charge >= 0.3 is 11.9 Å². The van der Waals surface area contributed by atoms with Crippen molar-refractivity contribution in [1.82, 2.24) is 0 Å². The van der Waals surface area contributed by atoms with Crippen LogP contribution in [0.2, 0.25) is 0 Å². The second-order valence-electron chi connectivity index (χ2n) is 34.8. The Labute approximate surface area is 532 Å². The van der Waals surface area contributed by atoms with Gasteiger partial charge in [0.2, 0.25) is 0 Å². The summed E-state index contributed by atoms with van der Waals surface area (Å²) >= 11 is 0. The Bertz CT molecular complexity index is 2890. The molecule has 0 unspecified atom stereocenters. The van der Waals surface area contributed by atoms with E-state index in [2.05, 4.69) is 110 Å². The predicted octanol–water partition coefficient (Wildman–Crippen LogP) is 20.0. The number of ether oxygens (including phenoxy) is 4. The average Bonchev–Trinajstić information content (AvgIpc) is 0.947. The van der Waals surface area contributed by atoms with E-state index in [1.807, 2.05) is 0 Å². The van der Waals surface area contributed by atoms with E-state index >= 15 is 0 Å². The molecule has 8 heteroatoms. The van der Waals surface area contributed by atoms with E-state index in [0.29, 0.717) is 79.5 Å². The minimum absolute atomic E-state index is 0.0843. The van der Waals surface area contributed by atoms with Crippen LogP contribution in [0.3, 0.4) is 0 Å². The molecule has 0 aliphatic heterocycles. The van der Waals surface area contributed by atoms with Crippen LogP contribution >= 0.6 is 0 Å². The number of carbonyl (C=O) groups is 2. The van der Waals surface area contributed by atoms with E-state index in [9.17, 15) is 19.8 Å². The molecule has 0 radical (unpaired) electrons. The molecule has 484 valence electrons. The maximum atomic E-state index is 13.1. The standard InChI is InChI=1S/2C40H58O4/c2*1-25(2)27-16-19-37(5)22-23-39(7)28(35(27)37)12-14-32-38(6)20-18-33(36(3,4)31(38)17-21-40(32,39)8)44-34(42)15-11-26-10-13-29(41)30(24-26)43-9/h2*10-11,13,15,24,27-28,31-33,35,41H,1,12,14,16-23H2,2-9H3/b2*15-11+/t2*27-,28+,31-,32+,33-,35+,37+,38-,39+,40+/m11/s1. The minimum atomic E-state index is -0.290. The highest BCUT2D eigenvalue weighted by molar-refractivity contribution is 5.88. The number of rotatable bonds is 10. The average molecular weight is 1210 g/mol. The third-order valence-electron chi connectivity index (χ3n) is 30.6. The van der Waals surface area contributed by atoms with Crippen molar-refractivity contribution >= 4 is 24.1 Å². The van der Waals surface area contributed by atoms with Gasteiger partial charge in [-0.15, -0.1) is 0 Å². The van der Waals surface area contributed by atoms with Gasteiger partial charge in [0.25, 0.3) is 0 Å². The maximum Gasteiger partial charge on any atom is 0.331 e. The molecule has 2 aromatic carbocycles. The first-order chi connectivity index (χ1) is 41.2. The molecule has 88 heavy (non-hydrogen) atoms. The highest BCUT2D eigenvalue weighted by Gasteiger charge is 2.73. The summed E-state index contributed by atoms with van der Waals surface area (Å²) in [6, 6.07) is 10.1. The molecular weight excluding hydrogens is 1090 g/mol. The number of phenolic OH excluding ortho intramolecular Hbond substituents is 2. The Kier molecular flexibility index (Phi) is 16.8. The van der Waals surface area contributed by atoms with Crippen molar-refractivity contribution in [3.8, 4) is 23.0 Å². The Balaban J connectivity index is 0.000000182. The number of carbonyl (C=O) groups excluding carboxylic acids is 2. The van der Waals surface area contributed by atoms with Gasteiger partial charge in [0.15, 0.2) is 23.0 Å². The second kappa shape index (κ2) is 22.7. The van der Waals surface area contributed by atoms with Crippen molar-refractivity contribution in [2.24, 2.45) is 113 Å². The third-order valence-corrected chi connectivity index (χ3v) is 30.6. The first kappa shape index (κ1) is 65.0. The second-order valence-corrected chi connectivity index (χ2v) is 34.8. The number of esters is 2. The Morgan fingerprint density at radius 3 is 1.18 bits per heavy atom. The van der Waals surface area contributed by atoms with Crippen LogP contribution in [0.5, 0.6) is 23.0 Å². The van der Waals surface area contributed by atoms with Gasteiger partial charge < -0.3 is 29.2 Å². The van der Waals surface area contributed by atoms with E-state index in [0.717, 1.165) is 60.5 Å². The molecule has 12 rings (SSSR count). The fourth-order valence-corrected chi connectivity index (χ4v) is 25.6. The largest absolute Gasteiger partial charge is 0.504 e. The minimum Gasteiger partial charge on any atom is -0.504 e. The van der Waals surface area contributed by atoms with Gasteiger partial charge in [-0.25, -0.2) is 9.59 Å². The molecule has 0 spiro atoms. The zero-order valence-corrected chi connectivity index (χ0v) is 57.6. The van der Waals surface area contributed by atoms with Gasteiger partial charge in [-0.3, -0.25) is 0 Å². The lowest BCUT2D eigenvalue weighted by Gasteiger charge is -2.73. The Hall–Kier alpha value is -4.46. The van der Waals surface area contributed by atoms with Crippen LogP contribution in [-0.4, -0.2) is 48.6 Å². The van der Waals surface area contributed by atoms with Crippen LogP contribution in [0.1, 0.15) is 236 Å². The van der Waals surface area contributed by atoms with Crippen molar-refractivity contribution in [2.45, 2.75) is 238 Å². The first-order valence-corrected chi connectivity index (χ1v) is 35.0. The highest BCUT2D eigenvalue weighted by atomic mass is 16.5. The maximum absolute atomic E-state index is 13.1. The van der Waals surface area contributed by atoms with Gasteiger partial charge in [-0.05, 0) is 292 Å². The summed E-state index contributed by atoms with van der Waals surface area (Å²) in [7, 11) is 3.05. The summed E-state index contributed by atoms with van der Waals surface area (Å²) in [5.41, 5.74) is 7.21. The van der Waals surface area contributed by atoms with Crippen molar-refractivity contribution < 1.29 is 38.7 Å². The fourth-order valence-electron chi connectivity index (χ4n) is 25.6. The molecule has 0 saturated heterocycles. The normalized spacial score (nSPS) is 44.2. The van der Waals surface area contributed by atoms with E-state index in [1.165, 1.54) is 140 Å². The number of allylic oxidation sites excluding steroid dienone is 2. The van der Waals surface area contributed by atoms with Gasteiger partial charge in [-0.1, -0.05) is 120 Å². The van der Waals surface area contributed by atoms with Crippen LogP contribution < -0.4 is 9.47 Å². The Morgan fingerprint density at radius 2 is 0.830 bits per heavy atom. The molecule has 0 heterocycles. The van der Waals surface area contributed by atoms with E-state index in [4.69, 9.17) is 18.9 Å². The van der Waals surface area contributed by atoms with Crippen LogP contribution in [0.4, 0.5) is 0 Å². The number of hydrogen-bond donors (Lipinski definition) is 2. The lowest BCUT2D eigenvalue weighted by atomic mass is 9.32. The summed E-state index contributed by atoms with van der Waals surface area (Å²) in [5, 5.41) is 19.8. The zero-order valence-electron chi connectivity index (χ0n) is 57.6. The van der Waals surface area contributed by atoms with Crippen molar-refractivity contribution in [2.75, 3.05) is 14.2 Å². The SMILES string of the molecule is C=C(C)[C@H]1CC[C@@]2(C)CC[C@@]3(C)[C@@H](CC[C@H]4[C@]5(C)CC[C@@H](OC(=O)/C=C/c6ccc(O)c(OC)c6)C(C)(C)[C@H]5CC[C@@]43C)[C@H]12.C=C(C)[C@H]1CC[C@@]2(C)CC[C@@]3(C)[C@@H](CC[C@H]4[C@]5(C)CC[C@@H](OC(=O)/C=C/c6ccc(O)c(OC)c6)C(C)(C)[C@H]5CC[C@@]43C)[C@H]12. The lowest BCUT2D eigenvalue weighted by Crippen LogP contribution is -2.66. The van der Waals surface area contributed by atoms with Crippen molar-refractivity contribution in [3.63, 3.8) is 0 Å². The lowest BCUT2D eigenvalue weighted by molar-refractivity contribution is -0.248. The van der Waals surface area contributed by atoms with Gasteiger partial charge in [0.1, 0.15) is 12.2 Å². The molecule has 10 aliphatic carbocycles. The van der Waals surface area contributed by atoms with Gasteiger partial charge in [0.05, 0.1) is 14.2 Å². The third kappa shape index (κ3) is 10.0. The smallest absolute Gasteiger partial charge is 0.331 e. The number of phenols is 2.